The van der Waals surface area contributed by atoms with Crippen molar-refractivity contribution in [3.05, 3.63) is 23.8 Å². The third kappa shape index (κ3) is 5.13. The van der Waals surface area contributed by atoms with Crippen molar-refractivity contribution < 1.29 is 14.3 Å². The van der Waals surface area contributed by atoms with Gasteiger partial charge in [0, 0.05) is 13.1 Å². The third-order valence-corrected chi connectivity index (χ3v) is 4.90. The van der Waals surface area contributed by atoms with Gasteiger partial charge in [0.15, 0.2) is 0 Å². The number of ether oxygens (including phenoxy) is 2. The lowest BCUT2D eigenvalue weighted by Crippen LogP contribution is -2.35. The molecule has 0 N–H and O–H groups in total. The number of carbonyl (C=O) groups excluding carboxylic acids is 1. The van der Waals surface area contributed by atoms with Gasteiger partial charge in [-0.3, -0.25) is 4.90 Å². The zero-order valence-electron chi connectivity index (χ0n) is 16.4. The first kappa shape index (κ1) is 19.0. The van der Waals surface area contributed by atoms with Crippen LogP contribution in [0.2, 0.25) is 0 Å². The van der Waals surface area contributed by atoms with Gasteiger partial charge < -0.3 is 14.4 Å². The van der Waals surface area contributed by atoms with Crippen molar-refractivity contribution in [1.29, 1.82) is 0 Å². The minimum absolute atomic E-state index is 0.272. The van der Waals surface area contributed by atoms with Gasteiger partial charge in [-0.1, -0.05) is 6.42 Å². The number of amides is 1. The molecule has 26 heavy (non-hydrogen) atoms. The number of hydrogen-bond donors (Lipinski definition) is 0. The monoisotopic (exact) mass is 360 g/mol. The highest BCUT2D eigenvalue weighted by molar-refractivity contribution is 5.90. The Hall–Kier alpha value is -1.75. The van der Waals surface area contributed by atoms with Gasteiger partial charge in [-0.2, -0.15) is 0 Å². The van der Waals surface area contributed by atoms with Crippen molar-refractivity contribution in [3.63, 3.8) is 0 Å². The molecule has 2 heterocycles. The maximum absolute atomic E-state index is 12.3. The van der Waals surface area contributed by atoms with Crippen LogP contribution in [0.25, 0.3) is 0 Å². The van der Waals surface area contributed by atoms with E-state index in [2.05, 4.69) is 11.0 Å². The molecule has 1 aromatic rings. The minimum atomic E-state index is -0.475. The lowest BCUT2D eigenvalue weighted by atomic mass is 10.1. The Morgan fingerprint density at radius 1 is 1.12 bits per heavy atom. The maximum atomic E-state index is 12.3. The second-order valence-corrected chi connectivity index (χ2v) is 8.28. The third-order valence-electron chi connectivity index (χ3n) is 4.90. The van der Waals surface area contributed by atoms with Gasteiger partial charge in [-0.15, -0.1) is 0 Å². The first-order chi connectivity index (χ1) is 12.4. The van der Waals surface area contributed by atoms with Gasteiger partial charge in [0.2, 0.25) is 0 Å². The summed E-state index contributed by atoms with van der Waals surface area (Å²) >= 11 is 0. The van der Waals surface area contributed by atoms with Crippen LogP contribution in [0.4, 0.5) is 10.5 Å². The minimum Gasteiger partial charge on any atom is -0.494 e. The Labute approximate surface area is 157 Å². The molecule has 0 atom stereocenters. The maximum Gasteiger partial charge on any atom is 0.414 e. The molecule has 1 amide bonds. The Bertz CT molecular complexity index is 618. The van der Waals surface area contributed by atoms with Crippen molar-refractivity contribution in [3.8, 4) is 5.75 Å². The smallest absolute Gasteiger partial charge is 0.414 e. The molecule has 144 valence electrons. The molecule has 5 nitrogen and oxygen atoms in total. The predicted octanol–water partition coefficient (Wildman–Crippen LogP) is 4.24. The van der Waals surface area contributed by atoms with E-state index in [1.165, 1.54) is 32.4 Å². The van der Waals surface area contributed by atoms with Gasteiger partial charge in [-0.05, 0) is 83.3 Å². The van der Waals surface area contributed by atoms with E-state index in [1.54, 1.807) is 4.90 Å². The van der Waals surface area contributed by atoms with E-state index in [-0.39, 0.29) is 6.09 Å². The van der Waals surface area contributed by atoms with Gasteiger partial charge in [0.05, 0.1) is 12.3 Å². The van der Waals surface area contributed by atoms with Gasteiger partial charge >= 0.3 is 6.09 Å². The highest BCUT2D eigenvalue weighted by Crippen LogP contribution is 2.32. The van der Waals surface area contributed by atoms with Crippen LogP contribution in [0.5, 0.6) is 5.75 Å². The normalized spacial score (nSPS) is 17.9. The number of piperidine rings is 1. The summed E-state index contributed by atoms with van der Waals surface area (Å²) in [5, 5.41) is 0. The van der Waals surface area contributed by atoms with Gasteiger partial charge in [-0.25, -0.2) is 4.79 Å². The molecule has 1 aromatic carbocycles. The molecule has 3 rings (SSSR count). The summed E-state index contributed by atoms with van der Waals surface area (Å²) in [7, 11) is 0. The molecule has 1 saturated heterocycles. The van der Waals surface area contributed by atoms with Crippen molar-refractivity contribution in [2.24, 2.45) is 0 Å². The van der Waals surface area contributed by atoms with Crippen LogP contribution in [0.15, 0.2) is 18.2 Å². The van der Waals surface area contributed by atoms with Crippen LogP contribution < -0.4 is 9.64 Å². The van der Waals surface area contributed by atoms with Crippen LogP contribution in [0.3, 0.4) is 0 Å². The van der Waals surface area contributed by atoms with Crippen LogP contribution in [-0.4, -0.2) is 49.4 Å². The number of nitrogens with zero attached hydrogens (tertiary/aromatic N) is 2. The van der Waals surface area contributed by atoms with E-state index in [0.717, 1.165) is 43.0 Å². The lowest BCUT2D eigenvalue weighted by molar-refractivity contribution is 0.0584. The van der Waals surface area contributed by atoms with E-state index in [0.29, 0.717) is 6.54 Å². The number of likely N-dealkylation sites (tertiary alicyclic amines) is 1. The van der Waals surface area contributed by atoms with Crippen molar-refractivity contribution >= 4 is 11.8 Å². The number of rotatable bonds is 5. The standard InChI is InChI=1S/C21H32N2O3/c1-21(2,3)26-20(24)23-14-10-17-16-18(8-9-19(17)23)25-15-7-13-22-11-5-4-6-12-22/h8-9,16H,4-7,10-15H2,1-3H3. The van der Waals surface area contributed by atoms with E-state index in [4.69, 9.17) is 9.47 Å². The molecule has 0 unspecified atom stereocenters. The molecule has 2 aliphatic heterocycles. The predicted molar refractivity (Wildman–Crippen MR) is 104 cm³/mol. The average molecular weight is 360 g/mol. The van der Waals surface area contributed by atoms with Crippen molar-refractivity contribution in [1.82, 2.24) is 4.90 Å². The first-order valence-corrected chi connectivity index (χ1v) is 9.91. The SMILES string of the molecule is CC(C)(C)OC(=O)N1CCc2cc(OCCCN3CCCCC3)ccc21. The summed E-state index contributed by atoms with van der Waals surface area (Å²) in [4.78, 5) is 16.6. The highest BCUT2D eigenvalue weighted by atomic mass is 16.6. The van der Waals surface area contributed by atoms with Gasteiger partial charge in [0.1, 0.15) is 11.4 Å². The van der Waals surface area contributed by atoms with Crippen molar-refractivity contribution in [2.45, 2.75) is 58.5 Å². The molecule has 0 saturated carbocycles. The fourth-order valence-electron chi connectivity index (χ4n) is 3.64. The zero-order chi connectivity index (χ0) is 18.6. The lowest BCUT2D eigenvalue weighted by Gasteiger charge is -2.26. The molecular weight excluding hydrogens is 328 g/mol. The highest BCUT2D eigenvalue weighted by Gasteiger charge is 2.29. The topological polar surface area (TPSA) is 42.0 Å². The summed E-state index contributed by atoms with van der Waals surface area (Å²) in [6.07, 6.45) is 5.68. The summed E-state index contributed by atoms with van der Waals surface area (Å²) < 4.78 is 11.4. The van der Waals surface area contributed by atoms with E-state index < -0.39 is 5.60 Å². The fraction of sp³-hybridized carbons (Fsp3) is 0.667. The second-order valence-electron chi connectivity index (χ2n) is 8.28. The Balaban J connectivity index is 1.49. The average Bonchev–Trinajstić information content (AvgIpc) is 3.01. The molecule has 5 heteroatoms. The Morgan fingerprint density at radius 3 is 2.62 bits per heavy atom. The van der Waals surface area contributed by atoms with E-state index in [9.17, 15) is 4.79 Å². The number of anilines is 1. The quantitative estimate of drug-likeness (QED) is 0.737. The molecule has 0 aromatic heterocycles. The van der Waals surface area contributed by atoms with Crippen LogP contribution >= 0.6 is 0 Å². The largest absolute Gasteiger partial charge is 0.494 e. The second kappa shape index (κ2) is 8.30. The number of hydrogen-bond acceptors (Lipinski definition) is 4. The Kier molecular flexibility index (Phi) is 6.07. The Morgan fingerprint density at radius 2 is 1.88 bits per heavy atom. The molecule has 2 aliphatic rings. The zero-order valence-corrected chi connectivity index (χ0v) is 16.4. The number of fused-ring (bicyclic) bond motifs is 1. The molecule has 0 spiro atoms. The summed E-state index contributed by atoms with van der Waals surface area (Å²) in [5.41, 5.74) is 1.63. The van der Waals surface area contributed by atoms with Crippen LogP contribution in [0.1, 0.15) is 52.0 Å². The molecular formula is C21H32N2O3. The fourth-order valence-corrected chi connectivity index (χ4v) is 3.64. The summed E-state index contributed by atoms with van der Waals surface area (Å²) in [5.74, 6) is 0.897. The number of benzene rings is 1. The van der Waals surface area contributed by atoms with Crippen molar-refractivity contribution in [2.75, 3.05) is 37.7 Å². The van der Waals surface area contributed by atoms with E-state index >= 15 is 0 Å². The molecule has 1 fully saturated rings. The molecule has 0 bridgehead atoms. The van der Waals surface area contributed by atoms with Crippen LogP contribution in [0, 0.1) is 0 Å². The first-order valence-electron chi connectivity index (χ1n) is 9.91. The molecule has 0 aliphatic carbocycles. The number of carbonyl (C=O) groups is 1. The molecule has 0 radical (unpaired) electrons. The summed E-state index contributed by atoms with van der Waals surface area (Å²) in [6, 6.07) is 6.01. The van der Waals surface area contributed by atoms with E-state index in [1.807, 2.05) is 32.9 Å². The summed E-state index contributed by atoms with van der Waals surface area (Å²) in [6.45, 7) is 10.7. The van der Waals surface area contributed by atoms with Crippen LogP contribution in [-0.2, 0) is 11.2 Å². The van der Waals surface area contributed by atoms with Gasteiger partial charge in [0.25, 0.3) is 0 Å².